The topological polar surface area (TPSA) is 105 Å². The molecule has 0 aliphatic rings. The number of amides is 2. The van der Waals surface area contributed by atoms with E-state index in [0.29, 0.717) is 12.1 Å². The van der Waals surface area contributed by atoms with Crippen LogP contribution in [-0.2, 0) is 6.42 Å². The van der Waals surface area contributed by atoms with Crippen molar-refractivity contribution < 1.29 is 9.90 Å². The van der Waals surface area contributed by atoms with E-state index in [9.17, 15) is 4.79 Å². The Hall–Kier alpha value is -1.63. The Bertz CT molecular complexity index is 343. The number of hydrogen-bond acceptors (Lipinski definition) is 4. The fourth-order valence-electron chi connectivity index (χ4n) is 1.18. The highest BCUT2D eigenvalue weighted by Crippen LogP contribution is 2.13. The van der Waals surface area contributed by atoms with E-state index in [-0.39, 0.29) is 6.61 Å². The van der Waals surface area contributed by atoms with Crippen LogP contribution in [0.4, 0.5) is 10.5 Å². The van der Waals surface area contributed by atoms with Gasteiger partial charge in [0, 0.05) is 6.61 Å². The molecule has 0 spiro atoms. The molecule has 2 amide bonds. The summed E-state index contributed by atoms with van der Waals surface area (Å²) in [7, 11) is 0. The van der Waals surface area contributed by atoms with Crippen LogP contribution in [0.25, 0.3) is 0 Å². The quantitative estimate of drug-likeness (QED) is 0.306. The standard InChI is InChI=1S/C9H14N4O2/c10-12-9(15)13(11)8-3-1-2-7(6-8)4-5-14/h1-3,6,14H,4-5,10-11H2,(H,12,15). The van der Waals surface area contributed by atoms with Crippen molar-refractivity contribution in [1.29, 1.82) is 0 Å². The van der Waals surface area contributed by atoms with Crippen molar-refractivity contribution in [3.63, 3.8) is 0 Å². The number of nitrogens with zero attached hydrogens (tertiary/aromatic N) is 1. The number of urea groups is 1. The van der Waals surface area contributed by atoms with E-state index in [1.165, 1.54) is 0 Å². The summed E-state index contributed by atoms with van der Waals surface area (Å²) in [6, 6.07) is 6.38. The number of aliphatic hydroxyl groups excluding tert-OH is 1. The van der Waals surface area contributed by atoms with Crippen LogP contribution in [-0.4, -0.2) is 17.7 Å². The van der Waals surface area contributed by atoms with Gasteiger partial charge in [-0.2, -0.15) is 0 Å². The zero-order chi connectivity index (χ0) is 11.3. The Kier molecular flexibility index (Phi) is 4.04. The van der Waals surface area contributed by atoms with Gasteiger partial charge in [0.05, 0.1) is 5.69 Å². The third-order valence-electron chi connectivity index (χ3n) is 1.93. The summed E-state index contributed by atoms with van der Waals surface area (Å²) < 4.78 is 0. The minimum absolute atomic E-state index is 0.0527. The molecule has 6 N–H and O–H groups in total. The van der Waals surface area contributed by atoms with E-state index in [1.807, 2.05) is 11.5 Å². The number of anilines is 1. The van der Waals surface area contributed by atoms with Crippen LogP contribution in [0.1, 0.15) is 5.56 Å². The molecule has 0 radical (unpaired) electrons. The molecule has 0 atom stereocenters. The molecule has 0 unspecified atom stereocenters. The smallest absolute Gasteiger partial charge is 0.350 e. The Morgan fingerprint density at radius 3 is 2.87 bits per heavy atom. The SMILES string of the molecule is NNC(=O)N(N)c1cccc(CCO)c1. The lowest BCUT2D eigenvalue weighted by Crippen LogP contribution is -2.47. The average molecular weight is 210 g/mol. The Balaban J connectivity index is 2.84. The van der Waals surface area contributed by atoms with Crippen LogP contribution in [0.2, 0.25) is 0 Å². The van der Waals surface area contributed by atoms with Crippen LogP contribution in [0.15, 0.2) is 24.3 Å². The van der Waals surface area contributed by atoms with Gasteiger partial charge in [-0.05, 0) is 24.1 Å². The van der Waals surface area contributed by atoms with Crippen molar-refractivity contribution >= 4 is 11.7 Å². The molecule has 0 heterocycles. The molecule has 1 aromatic rings. The highest BCUT2D eigenvalue weighted by molar-refractivity contribution is 5.90. The number of hydrogen-bond donors (Lipinski definition) is 4. The van der Waals surface area contributed by atoms with Crippen LogP contribution in [0.5, 0.6) is 0 Å². The molecule has 82 valence electrons. The van der Waals surface area contributed by atoms with Crippen molar-refractivity contribution in [2.45, 2.75) is 6.42 Å². The normalized spacial score (nSPS) is 9.80. The predicted molar refractivity (Wildman–Crippen MR) is 56.6 cm³/mol. The van der Waals surface area contributed by atoms with E-state index in [1.54, 1.807) is 18.2 Å². The first-order valence-electron chi connectivity index (χ1n) is 4.44. The van der Waals surface area contributed by atoms with Crippen molar-refractivity contribution in [3.05, 3.63) is 29.8 Å². The molecule has 0 saturated heterocycles. The molecule has 6 heteroatoms. The first kappa shape index (κ1) is 11.4. The highest BCUT2D eigenvalue weighted by Gasteiger charge is 2.09. The number of benzene rings is 1. The lowest BCUT2D eigenvalue weighted by molar-refractivity contribution is 0.246. The molecule has 1 aromatic carbocycles. The largest absolute Gasteiger partial charge is 0.396 e. The maximum atomic E-state index is 11.1. The molecular formula is C9H14N4O2. The second-order valence-electron chi connectivity index (χ2n) is 2.96. The fourth-order valence-corrected chi connectivity index (χ4v) is 1.18. The van der Waals surface area contributed by atoms with Crippen LogP contribution in [0.3, 0.4) is 0 Å². The molecular weight excluding hydrogens is 196 g/mol. The second kappa shape index (κ2) is 5.30. The first-order valence-corrected chi connectivity index (χ1v) is 4.44. The monoisotopic (exact) mass is 210 g/mol. The van der Waals surface area contributed by atoms with Crippen molar-refractivity contribution in [1.82, 2.24) is 5.43 Å². The molecule has 0 aliphatic carbocycles. The summed E-state index contributed by atoms with van der Waals surface area (Å²) in [6.07, 6.45) is 0.520. The number of hydrazine groups is 2. The third-order valence-corrected chi connectivity index (χ3v) is 1.93. The molecule has 0 saturated carbocycles. The van der Waals surface area contributed by atoms with Gasteiger partial charge in [0.2, 0.25) is 0 Å². The van der Waals surface area contributed by atoms with E-state index in [4.69, 9.17) is 16.8 Å². The van der Waals surface area contributed by atoms with E-state index >= 15 is 0 Å². The van der Waals surface area contributed by atoms with Gasteiger partial charge in [-0.15, -0.1) is 0 Å². The van der Waals surface area contributed by atoms with Crippen molar-refractivity contribution in [2.24, 2.45) is 11.7 Å². The summed E-state index contributed by atoms with van der Waals surface area (Å²) in [5.74, 6) is 10.4. The van der Waals surface area contributed by atoms with E-state index < -0.39 is 6.03 Å². The van der Waals surface area contributed by atoms with Gasteiger partial charge in [0.15, 0.2) is 0 Å². The highest BCUT2D eigenvalue weighted by atomic mass is 16.3. The van der Waals surface area contributed by atoms with Gasteiger partial charge in [-0.1, -0.05) is 12.1 Å². The maximum Gasteiger partial charge on any atom is 0.350 e. The number of carbonyl (C=O) groups excluding carboxylic acids is 1. The molecule has 15 heavy (non-hydrogen) atoms. The van der Waals surface area contributed by atoms with Gasteiger partial charge in [-0.25, -0.2) is 21.5 Å². The summed E-state index contributed by atoms with van der Waals surface area (Å²) >= 11 is 0. The number of carbonyl (C=O) groups is 1. The molecule has 1 rings (SSSR count). The summed E-state index contributed by atoms with van der Waals surface area (Å²) in [5, 5.41) is 9.66. The summed E-state index contributed by atoms with van der Waals surface area (Å²) in [6.45, 7) is 0.0527. The Labute approximate surface area is 87.4 Å². The van der Waals surface area contributed by atoms with E-state index in [0.717, 1.165) is 10.6 Å². The average Bonchev–Trinajstić information content (AvgIpc) is 2.28. The number of nitrogens with one attached hydrogen (secondary N) is 1. The van der Waals surface area contributed by atoms with Crippen molar-refractivity contribution in [3.8, 4) is 0 Å². The lowest BCUT2D eigenvalue weighted by atomic mass is 10.1. The van der Waals surface area contributed by atoms with Crippen molar-refractivity contribution in [2.75, 3.05) is 11.6 Å². The Morgan fingerprint density at radius 2 is 2.27 bits per heavy atom. The molecule has 6 nitrogen and oxygen atoms in total. The molecule has 0 aromatic heterocycles. The van der Waals surface area contributed by atoms with Gasteiger partial charge in [0.25, 0.3) is 0 Å². The van der Waals surface area contributed by atoms with Gasteiger partial charge < -0.3 is 5.11 Å². The first-order chi connectivity index (χ1) is 7.19. The second-order valence-corrected chi connectivity index (χ2v) is 2.96. The lowest BCUT2D eigenvalue weighted by Gasteiger charge is -2.16. The number of nitrogens with two attached hydrogens (primary N) is 2. The van der Waals surface area contributed by atoms with Gasteiger partial charge >= 0.3 is 6.03 Å². The number of rotatable bonds is 3. The van der Waals surface area contributed by atoms with Gasteiger partial charge in [-0.3, -0.25) is 5.43 Å². The maximum absolute atomic E-state index is 11.1. The third kappa shape index (κ3) is 2.91. The number of aliphatic hydroxyl groups is 1. The van der Waals surface area contributed by atoms with Crippen LogP contribution >= 0.6 is 0 Å². The van der Waals surface area contributed by atoms with Gasteiger partial charge in [0.1, 0.15) is 0 Å². The minimum atomic E-state index is -0.601. The molecule has 0 aliphatic heterocycles. The van der Waals surface area contributed by atoms with E-state index in [2.05, 4.69) is 0 Å². The zero-order valence-corrected chi connectivity index (χ0v) is 8.18. The predicted octanol–water partition coefficient (Wildman–Crippen LogP) is -0.515. The molecule has 0 fully saturated rings. The molecule has 0 bridgehead atoms. The van der Waals surface area contributed by atoms with Crippen LogP contribution < -0.4 is 22.1 Å². The van der Waals surface area contributed by atoms with Crippen LogP contribution in [0, 0.1) is 0 Å². The fraction of sp³-hybridized carbons (Fsp3) is 0.222. The zero-order valence-electron chi connectivity index (χ0n) is 8.18. The minimum Gasteiger partial charge on any atom is -0.396 e. The summed E-state index contributed by atoms with van der Waals surface area (Å²) in [4.78, 5) is 11.1. The Morgan fingerprint density at radius 1 is 1.53 bits per heavy atom. The summed E-state index contributed by atoms with van der Waals surface area (Å²) in [5.41, 5.74) is 3.34.